The molecule has 9 nitrogen and oxygen atoms in total. The van der Waals surface area contributed by atoms with Crippen LogP contribution in [0.1, 0.15) is 67.6 Å². The minimum absolute atomic E-state index is 0.0740. The zero-order valence-corrected chi connectivity index (χ0v) is 27.9. The van der Waals surface area contributed by atoms with Crippen molar-refractivity contribution in [1.82, 2.24) is 24.7 Å². The molecule has 1 aliphatic heterocycles. The van der Waals surface area contributed by atoms with Crippen molar-refractivity contribution < 1.29 is 27.1 Å². The van der Waals surface area contributed by atoms with Crippen molar-refractivity contribution in [3.63, 3.8) is 0 Å². The van der Waals surface area contributed by atoms with Crippen molar-refractivity contribution in [2.24, 2.45) is 11.7 Å². The number of hydrogen-bond donors (Lipinski definition) is 2. The summed E-state index contributed by atoms with van der Waals surface area (Å²) in [6.45, 7) is 8.36. The van der Waals surface area contributed by atoms with Crippen molar-refractivity contribution in [2.75, 3.05) is 11.4 Å². The second kappa shape index (κ2) is 13.6. The first-order valence-corrected chi connectivity index (χ1v) is 16.5. The molecule has 1 unspecified atom stereocenters. The smallest absolute Gasteiger partial charge is 0.419 e. The number of carbonyl (C=O) groups excluding carboxylic acids is 1. The quantitative estimate of drug-likeness (QED) is 0.120. The van der Waals surface area contributed by atoms with E-state index in [2.05, 4.69) is 28.8 Å². The van der Waals surface area contributed by atoms with Crippen LogP contribution in [0.25, 0.3) is 27.8 Å². The Morgan fingerprint density at radius 1 is 1.08 bits per heavy atom. The number of aryl methyl sites for hydroxylation is 2. The summed E-state index contributed by atoms with van der Waals surface area (Å²) in [6.07, 6.45) is 1.27. The number of fused-ring (bicyclic) bond motifs is 2. The van der Waals surface area contributed by atoms with Gasteiger partial charge in [0.2, 0.25) is 5.95 Å². The number of rotatable bonds is 10. The van der Waals surface area contributed by atoms with Crippen molar-refractivity contribution in [2.45, 2.75) is 78.7 Å². The number of carbonyl (C=O) groups is 1. The molecule has 2 atom stereocenters. The number of anilines is 1. The van der Waals surface area contributed by atoms with E-state index in [1.54, 1.807) is 17.2 Å². The number of ether oxygens (including phenoxy) is 1. The number of halogens is 4. The molecule has 0 fully saturated rings. The first kappa shape index (κ1) is 34.1. The van der Waals surface area contributed by atoms with Gasteiger partial charge in [0.05, 0.1) is 28.2 Å². The van der Waals surface area contributed by atoms with Gasteiger partial charge in [0, 0.05) is 60.2 Å². The van der Waals surface area contributed by atoms with Crippen LogP contribution in [-0.2, 0) is 48.1 Å². The summed E-state index contributed by atoms with van der Waals surface area (Å²) in [6, 6.07) is 8.42. The lowest BCUT2D eigenvalue weighted by atomic mass is 9.95. The lowest BCUT2D eigenvalue weighted by molar-refractivity contribution is -0.147. The van der Waals surface area contributed by atoms with Gasteiger partial charge in [0.1, 0.15) is 18.5 Å². The van der Waals surface area contributed by atoms with Gasteiger partial charge in [0.15, 0.2) is 0 Å². The monoisotopic (exact) mass is 677 g/mol. The van der Waals surface area contributed by atoms with E-state index in [0.717, 1.165) is 40.5 Å². The lowest BCUT2D eigenvalue weighted by Crippen LogP contribution is -2.37. The van der Waals surface area contributed by atoms with Gasteiger partial charge >= 0.3 is 12.1 Å². The number of nitrogens with one attached hydrogen (secondary N) is 1. The summed E-state index contributed by atoms with van der Waals surface area (Å²) in [4.78, 5) is 25.7. The number of nitrogens with two attached hydrogens (primary N) is 1. The van der Waals surface area contributed by atoms with Crippen LogP contribution in [0.2, 0.25) is 0 Å². The average Bonchev–Trinajstić information content (AvgIpc) is 3.74. The Hall–Kier alpha value is -4.78. The van der Waals surface area contributed by atoms with Crippen LogP contribution in [0.3, 0.4) is 0 Å². The lowest BCUT2D eigenvalue weighted by Gasteiger charge is -2.27. The molecule has 0 saturated carbocycles. The third-order valence-electron chi connectivity index (χ3n) is 9.47. The van der Waals surface area contributed by atoms with E-state index in [4.69, 9.17) is 15.6 Å². The van der Waals surface area contributed by atoms with E-state index in [0.29, 0.717) is 60.0 Å². The number of benzene rings is 2. The summed E-state index contributed by atoms with van der Waals surface area (Å²) in [5, 5.41) is 5.65. The molecule has 0 aliphatic carbocycles. The van der Waals surface area contributed by atoms with Crippen molar-refractivity contribution in [3.05, 3.63) is 88.3 Å². The number of hydrogen-bond acceptors (Lipinski definition) is 7. The molecular weight excluding hydrogens is 638 g/mol. The molecule has 2 aromatic carbocycles. The standard InChI is InChI=1S/C36H39F4N7O2/c1-5-20(4)30(41)34(48)49-19-23-15-27(37)29(25-11-13-42-31(23)25)33-26-18-46(35-43-16-24(17-44-35)36(38,39)40)14-12-28(26)45-47(33)32-21(6-2)9-8-10-22(32)7-3/h8-11,13,15-17,20,30,42H,5-7,12,14,18-19,41H2,1-4H3/t20?,30-/m0/s1. The van der Waals surface area contributed by atoms with Gasteiger partial charge in [0.25, 0.3) is 0 Å². The maximum atomic E-state index is 16.7. The Balaban J connectivity index is 1.49. The number of aromatic amines is 1. The van der Waals surface area contributed by atoms with Gasteiger partial charge in [-0.15, -0.1) is 0 Å². The van der Waals surface area contributed by atoms with E-state index in [-0.39, 0.29) is 25.0 Å². The largest absolute Gasteiger partial charge is 0.460 e. The van der Waals surface area contributed by atoms with Crippen molar-refractivity contribution in [3.8, 4) is 16.9 Å². The molecule has 0 amide bonds. The third-order valence-corrected chi connectivity index (χ3v) is 9.47. The van der Waals surface area contributed by atoms with Gasteiger partial charge in [-0.25, -0.2) is 19.0 Å². The maximum absolute atomic E-state index is 16.7. The SMILES string of the molecule is CCc1cccc(CC)c1-n1nc2c(c1-c1c(F)cc(COC(=O)[C@@H](N)C(C)CC)c3[nH]ccc13)CN(c1ncc(C(F)(F)F)cn1)CC2. The van der Waals surface area contributed by atoms with E-state index in [9.17, 15) is 18.0 Å². The summed E-state index contributed by atoms with van der Waals surface area (Å²) in [7, 11) is 0. The Bertz CT molecular complexity index is 1960. The molecule has 13 heteroatoms. The van der Waals surface area contributed by atoms with Crippen LogP contribution in [0, 0.1) is 11.7 Å². The Labute approximate surface area is 281 Å². The van der Waals surface area contributed by atoms with Crippen LogP contribution < -0.4 is 10.6 Å². The van der Waals surface area contributed by atoms with Crippen LogP contribution in [0.5, 0.6) is 0 Å². The highest BCUT2D eigenvalue weighted by Crippen LogP contribution is 2.41. The maximum Gasteiger partial charge on any atom is 0.419 e. The molecule has 5 aromatic rings. The number of para-hydroxylation sites is 1. The fourth-order valence-corrected chi connectivity index (χ4v) is 6.44. The fourth-order valence-electron chi connectivity index (χ4n) is 6.44. The van der Waals surface area contributed by atoms with E-state index in [1.165, 1.54) is 6.07 Å². The third kappa shape index (κ3) is 6.39. The van der Waals surface area contributed by atoms with E-state index in [1.807, 2.05) is 36.7 Å². The molecule has 258 valence electrons. The highest BCUT2D eigenvalue weighted by atomic mass is 19.4. The minimum atomic E-state index is -4.56. The average molecular weight is 678 g/mol. The van der Waals surface area contributed by atoms with Gasteiger partial charge in [-0.1, -0.05) is 52.3 Å². The van der Waals surface area contributed by atoms with E-state index < -0.39 is 29.6 Å². The minimum Gasteiger partial charge on any atom is -0.460 e. The van der Waals surface area contributed by atoms with Gasteiger partial charge in [-0.05, 0) is 42.0 Å². The number of aromatic nitrogens is 5. The second-order valence-corrected chi connectivity index (χ2v) is 12.4. The van der Waals surface area contributed by atoms with Gasteiger partial charge < -0.3 is 20.4 Å². The highest BCUT2D eigenvalue weighted by molar-refractivity contribution is 5.98. The molecule has 1 aliphatic rings. The van der Waals surface area contributed by atoms with Crippen molar-refractivity contribution >= 4 is 22.8 Å². The Morgan fingerprint density at radius 2 is 1.78 bits per heavy atom. The molecule has 0 radical (unpaired) electrons. The fraction of sp³-hybridized carbons (Fsp3) is 0.389. The molecular formula is C36H39F4N7O2. The molecule has 3 aromatic heterocycles. The zero-order chi connectivity index (χ0) is 35.0. The highest BCUT2D eigenvalue weighted by Gasteiger charge is 2.34. The predicted molar refractivity (Wildman–Crippen MR) is 179 cm³/mol. The molecule has 3 N–H and O–H groups in total. The topological polar surface area (TPSA) is 115 Å². The predicted octanol–water partition coefficient (Wildman–Crippen LogP) is 7.07. The summed E-state index contributed by atoms with van der Waals surface area (Å²) < 4.78 is 63.9. The Morgan fingerprint density at radius 3 is 2.41 bits per heavy atom. The van der Waals surface area contributed by atoms with Gasteiger partial charge in [-0.2, -0.15) is 18.3 Å². The molecule has 0 saturated heterocycles. The van der Waals surface area contributed by atoms with Crippen LogP contribution in [0.4, 0.5) is 23.5 Å². The van der Waals surface area contributed by atoms with E-state index >= 15 is 4.39 Å². The van der Waals surface area contributed by atoms with Gasteiger partial charge in [-0.3, -0.25) is 4.79 Å². The number of esters is 1. The van der Waals surface area contributed by atoms with Crippen LogP contribution in [0.15, 0.2) is 48.9 Å². The molecule has 0 spiro atoms. The first-order chi connectivity index (χ1) is 23.5. The van der Waals surface area contributed by atoms with Crippen LogP contribution in [-0.4, -0.2) is 43.3 Å². The number of alkyl halides is 3. The second-order valence-electron chi connectivity index (χ2n) is 12.4. The molecule has 0 bridgehead atoms. The molecule has 4 heterocycles. The summed E-state index contributed by atoms with van der Waals surface area (Å²) >= 11 is 0. The summed E-state index contributed by atoms with van der Waals surface area (Å²) in [5.74, 6) is -1.03. The normalized spacial score (nSPS) is 14.6. The summed E-state index contributed by atoms with van der Waals surface area (Å²) in [5.41, 5.74) is 11.5. The first-order valence-electron chi connectivity index (χ1n) is 16.5. The molecule has 49 heavy (non-hydrogen) atoms. The zero-order valence-electron chi connectivity index (χ0n) is 27.9. The van der Waals surface area contributed by atoms with Crippen molar-refractivity contribution in [1.29, 1.82) is 0 Å². The number of nitrogens with zero attached hydrogens (tertiary/aromatic N) is 5. The van der Waals surface area contributed by atoms with Crippen LogP contribution >= 0.6 is 0 Å². The number of H-pyrrole nitrogens is 1. The molecule has 6 rings (SSSR count). The Kier molecular flexibility index (Phi) is 9.47.